The number of carbonyl (C=O) groups is 1. The number of aromatic nitrogens is 2. The zero-order valence-corrected chi connectivity index (χ0v) is 13.6. The number of aldehydes is 1. The highest BCUT2D eigenvalue weighted by atomic mass is 19.4. The Labute approximate surface area is 147 Å². The first-order valence-electron chi connectivity index (χ1n) is 7.90. The molecule has 0 saturated carbocycles. The number of nitrogens with zero attached hydrogens (tertiary/aromatic N) is 3. The predicted octanol–water partition coefficient (Wildman–Crippen LogP) is 2.68. The molecule has 1 aliphatic rings. The van der Waals surface area contributed by atoms with Gasteiger partial charge in [-0.25, -0.2) is 9.97 Å². The quantitative estimate of drug-likeness (QED) is 0.838. The molecule has 1 N–H and O–H groups in total. The maximum atomic E-state index is 12.2. The largest absolute Gasteiger partial charge is 0.573 e. The first-order chi connectivity index (χ1) is 12.3. The van der Waals surface area contributed by atoms with Gasteiger partial charge >= 0.3 is 6.36 Å². The third-order valence-electron chi connectivity index (χ3n) is 4.29. The second kappa shape index (κ2) is 6.91. The fraction of sp³-hybridized carbons (Fsp3) is 0.353. The molecule has 6 nitrogen and oxygen atoms in total. The molecule has 0 aliphatic carbocycles. The van der Waals surface area contributed by atoms with E-state index in [9.17, 15) is 23.1 Å². The van der Waals surface area contributed by atoms with Gasteiger partial charge in [-0.2, -0.15) is 0 Å². The number of aliphatic hydroxyl groups is 1. The molecule has 26 heavy (non-hydrogen) atoms. The number of anilines is 1. The summed E-state index contributed by atoms with van der Waals surface area (Å²) in [5, 5.41) is 10.8. The second-order valence-corrected chi connectivity index (χ2v) is 6.03. The lowest BCUT2D eigenvalue weighted by molar-refractivity contribution is -0.274. The Morgan fingerprint density at radius 3 is 2.19 bits per heavy atom. The Balaban J connectivity index is 1.66. The van der Waals surface area contributed by atoms with Crippen LogP contribution in [-0.4, -0.2) is 40.8 Å². The van der Waals surface area contributed by atoms with Gasteiger partial charge in [-0.15, -0.1) is 13.2 Å². The summed E-state index contributed by atoms with van der Waals surface area (Å²) in [6.07, 6.45) is -0.504. The van der Waals surface area contributed by atoms with Crippen molar-refractivity contribution in [3.05, 3.63) is 47.8 Å². The summed E-state index contributed by atoms with van der Waals surface area (Å²) >= 11 is 0. The molecule has 2 aromatic rings. The molecule has 0 unspecified atom stereocenters. The van der Waals surface area contributed by atoms with E-state index in [0.717, 1.165) is 0 Å². The van der Waals surface area contributed by atoms with Crippen molar-refractivity contribution in [2.24, 2.45) is 0 Å². The minimum absolute atomic E-state index is 0.328. The van der Waals surface area contributed by atoms with E-state index < -0.39 is 12.0 Å². The monoisotopic (exact) mass is 367 g/mol. The number of halogens is 3. The number of rotatable bonds is 4. The SMILES string of the molecule is O=Cc1cnc(N2CCC(O)(c3ccc(OC(F)(F)F)cc3)CC2)nc1. The summed E-state index contributed by atoms with van der Waals surface area (Å²) in [5.41, 5.74) is -0.233. The molecular weight excluding hydrogens is 351 g/mol. The molecule has 0 radical (unpaired) electrons. The lowest BCUT2D eigenvalue weighted by Crippen LogP contribution is -2.43. The van der Waals surface area contributed by atoms with E-state index in [4.69, 9.17) is 0 Å². The van der Waals surface area contributed by atoms with Crippen LogP contribution in [-0.2, 0) is 5.60 Å². The van der Waals surface area contributed by atoms with Crippen LogP contribution < -0.4 is 9.64 Å². The highest BCUT2D eigenvalue weighted by molar-refractivity contribution is 5.73. The summed E-state index contributed by atoms with van der Waals surface area (Å²) < 4.78 is 40.5. The van der Waals surface area contributed by atoms with E-state index in [2.05, 4.69) is 14.7 Å². The van der Waals surface area contributed by atoms with Crippen molar-refractivity contribution in [2.45, 2.75) is 24.8 Å². The summed E-state index contributed by atoms with van der Waals surface area (Å²) in [6.45, 7) is 0.940. The molecule has 1 aliphatic heterocycles. The van der Waals surface area contributed by atoms with E-state index in [1.165, 1.54) is 36.7 Å². The molecule has 0 spiro atoms. The first kappa shape index (κ1) is 18.1. The molecule has 9 heteroatoms. The second-order valence-electron chi connectivity index (χ2n) is 6.03. The topological polar surface area (TPSA) is 75.6 Å². The van der Waals surface area contributed by atoms with Crippen molar-refractivity contribution in [2.75, 3.05) is 18.0 Å². The molecule has 0 amide bonds. The minimum Gasteiger partial charge on any atom is -0.406 e. The van der Waals surface area contributed by atoms with Crippen LogP contribution in [0.25, 0.3) is 0 Å². The van der Waals surface area contributed by atoms with Gasteiger partial charge in [-0.05, 0) is 30.5 Å². The lowest BCUT2D eigenvalue weighted by atomic mass is 9.84. The maximum absolute atomic E-state index is 12.2. The molecule has 1 saturated heterocycles. The highest BCUT2D eigenvalue weighted by Crippen LogP contribution is 2.35. The van der Waals surface area contributed by atoms with Crippen LogP contribution in [0.15, 0.2) is 36.7 Å². The van der Waals surface area contributed by atoms with Crippen molar-refractivity contribution in [1.82, 2.24) is 9.97 Å². The van der Waals surface area contributed by atoms with Crippen LogP contribution in [0.4, 0.5) is 19.1 Å². The average molecular weight is 367 g/mol. The zero-order chi connectivity index (χ0) is 18.8. The van der Waals surface area contributed by atoms with E-state index in [1.807, 2.05) is 4.90 Å². The van der Waals surface area contributed by atoms with Crippen LogP contribution in [0, 0.1) is 0 Å². The van der Waals surface area contributed by atoms with E-state index in [0.29, 0.717) is 49.3 Å². The van der Waals surface area contributed by atoms with Crippen LogP contribution in [0.1, 0.15) is 28.8 Å². The predicted molar refractivity (Wildman–Crippen MR) is 85.9 cm³/mol. The van der Waals surface area contributed by atoms with Crippen LogP contribution in [0.2, 0.25) is 0 Å². The third-order valence-corrected chi connectivity index (χ3v) is 4.29. The van der Waals surface area contributed by atoms with Gasteiger partial charge in [0.2, 0.25) is 5.95 Å². The zero-order valence-electron chi connectivity index (χ0n) is 13.6. The van der Waals surface area contributed by atoms with Gasteiger partial charge in [-0.3, -0.25) is 4.79 Å². The highest BCUT2D eigenvalue weighted by Gasteiger charge is 2.35. The molecular formula is C17H16F3N3O3. The van der Waals surface area contributed by atoms with Crippen molar-refractivity contribution in [1.29, 1.82) is 0 Å². The number of piperidine rings is 1. The van der Waals surface area contributed by atoms with Gasteiger partial charge in [0.25, 0.3) is 0 Å². The number of ether oxygens (including phenoxy) is 1. The molecule has 0 bridgehead atoms. The molecule has 3 rings (SSSR count). The number of hydrogen-bond acceptors (Lipinski definition) is 6. The standard InChI is InChI=1S/C17H16F3N3O3/c18-17(19,20)26-14-3-1-13(2-4-14)16(25)5-7-23(8-6-16)15-21-9-12(11-24)10-22-15/h1-4,9-11,25H,5-8H2. The van der Waals surface area contributed by atoms with Crippen molar-refractivity contribution >= 4 is 12.2 Å². The van der Waals surface area contributed by atoms with E-state index in [-0.39, 0.29) is 5.75 Å². The number of alkyl halides is 3. The first-order valence-corrected chi connectivity index (χ1v) is 7.90. The van der Waals surface area contributed by atoms with E-state index >= 15 is 0 Å². The molecule has 2 heterocycles. The summed E-state index contributed by atoms with van der Waals surface area (Å²) in [7, 11) is 0. The number of carbonyl (C=O) groups excluding carboxylic acids is 1. The normalized spacial score (nSPS) is 17.0. The molecule has 1 aromatic carbocycles. The maximum Gasteiger partial charge on any atom is 0.573 e. The Morgan fingerprint density at radius 1 is 1.12 bits per heavy atom. The third kappa shape index (κ3) is 4.10. The smallest absolute Gasteiger partial charge is 0.406 e. The van der Waals surface area contributed by atoms with Gasteiger partial charge < -0.3 is 14.7 Å². The molecule has 0 atom stereocenters. The lowest BCUT2D eigenvalue weighted by Gasteiger charge is -2.38. The van der Waals surface area contributed by atoms with Crippen molar-refractivity contribution < 1.29 is 27.8 Å². The Hall–Kier alpha value is -2.68. The van der Waals surface area contributed by atoms with Gasteiger partial charge in [-0.1, -0.05) is 12.1 Å². The van der Waals surface area contributed by atoms with Gasteiger partial charge in [0.05, 0.1) is 11.2 Å². The van der Waals surface area contributed by atoms with Gasteiger partial charge in [0.1, 0.15) is 5.75 Å². The average Bonchev–Trinajstić information content (AvgIpc) is 2.62. The molecule has 138 valence electrons. The van der Waals surface area contributed by atoms with E-state index in [1.54, 1.807) is 0 Å². The molecule has 1 fully saturated rings. The van der Waals surface area contributed by atoms with Gasteiger partial charge in [0.15, 0.2) is 6.29 Å². The Morgan fingerprint density at radius 2 is 1.69 bits per heavy atom. The Kier molecular flexibility index (Phi) is 4.82. The number of hydrogen-bond donors (Lipinski definition) is 1. The van der Waals surface area contributed by atoms with Crippen molar-refractivity contribution in [3.8, 4) is 5.75 Å². The fourth-order valence-electron chi connectivity index (χ4n) is 2.89. The van der Waals surface area contributed by atoms with Crippen LogP contribution >= 0.6 is 0 Å². The summed E-state index contributed by atoms with van der Waals surface area (Å²) in [5.74, 6) is 0.137. The fourth-order valence-corrected chi connectivity index (χ4v) is 2.89. The van der Waals surface area contributed by atoms with Crippen molar-refractivity contribution in [3.63, 3.8) is 0 Å². The molecule has 1 aromatic heterocycles. The summed E-state index contributed by atoms with van der Waals surface area (Å²) in [4.78, 5) is 20.8. The van der Waals surface area contributed by atoms with Gasteiger partial charge in [0, 0.05) is 25.5 Å². The van der Waals surface area contributed by atoms with Crippen LogP contribution in [0.5, 0.6) is 5.75 Å². The van der Waals surface area contributed by atoms with Crippen LogP contribution in [0.3, 0.4) is 0 Å². The minimum atomic E-state index is -4.75. The number of benzene rings is 1. The summed E-state index contributed by atoms with van der Waals surface area (Å²) in [6, 6.07) is 5.25. The Bertz CT molecular complexity index is 756.